The van der Waals surface area contributed by atoms with E-state index in [1.165, 1.54) is 78.1 Å². The second-order valence-electron chi connectivity index (χ2n) is 30.5. The van der Waals surface area contributed by atoms with E-state index in [1.807, 2.05) is 111 Å². The van der Waals surface area contributed by atoms with Crippen LogP contribution >= 0.6 is 21.4 Å². The van der Waals surface area contributed by atoms with Crippen LogP contribution in [0.4, 0.5) is 131 Å². The number of nitrogens with two attached hydrogens (primary N) is 11. The van der Waals surface area contributed by atoms with Crippen molar-refractivity contribution in [1.29, 1.82) is 0 Å². The largest absolute Gasteiger partial charge is 0.433 e. The number of aromatic nitrogens is 4. The highest BCUT2D eigenvalue weighted by Crippen LogP contribution is 2.98. The molecule has 0 saturated heterocycles. The van der Waals surface area contributed by atoms with E-state index in [4.69, 9.17) is 74.7 Å². The topological polar surface area (TPSA) is 340 Å². The number of hydrogen-bond donors (Lipinski definition) is 11. The molecule has 35 heteroatoms. The van der Waals surface area contributed by atoms with Crippen LogP contribution in [0.1, 0.15) is 146 Å². The van der Waals surface area contributed by atoms with E-state index >= 15 is 0 Å². The first-order valence-electron chi connectivity index (χ1n) is 38.1. The van der Waals surface area contributed by atoms with Gasteiger partial charge in [0, 0.05) is 130 Å². The van der Waals surface area contributed by atoms with Crippen molar-refractivity contribution >= 4 is 106 Å². The van der Waals surface area contributed by atoms with Gasteiger partial charge in [0.1, 0.15) is 11.6 Å². The molecule has 2 saturated carbocycles. The molecule has 0 radical (unpaired) electrons. The van der Waals surface area contributed by atoms with Crippen LogP contribution in [0.3, 0.4) is 0 Å². The fourth-order valence-corrected chi connectivity index (χ4v) is 12.3. The molecule has 22 N–H and O–H groups in total. The number of nitrogens with zero attached hydrogens (tertiary/aromatic N) is 4. The minimum absolute atomic E-state index is 0. The van der Waals surface area contributed by atoms with Gasteiger partial charge in [-0.1, -0.05) is 122 Å². The van der Waals surface area contributed by atoms with Crippen LogP contribution in [-0.4, -0.2) is 31.9 Å². The maximum atomic E-state index is 13.0. The van der Waals surface area contributed by atoms with Gasteiger partial charge in [-0.3, -0.25) is 9.36 Å². The SMILES string of the molecule is C.C.C.CC(C)(C)c1cccc(N)c1.CC(F)(F)Oc1cccc(N)c1.CC(F)(F)c1cccc(N)c1.CCc1cccc(N)c1.CS(F)(F)(F)(F)c1cccc(N)c1.Cn1cc2cc(N)ccc2n1.Cn1cc2ccc(N)cc2n1.Nc1cc(Cl)cc(C(F)(F)F)c1.Nc1ccc(F)c(C2CC2)c1.Nc1ccc2c(c1)C(F)(F)OC2(F)F.Nc1cccc(C2CC2)c1. The average Bonchev–Trinajstić information content (AvgIpc) is 1.71. The van der Waals surface area contributed by atoms with E-state index in [2.05, 4.69) is 71.6 Å². The van der Waals surface area contributed by atoms with Crippen LogP contribution in [0.15, 0.2) is 254 Å². The Morgan fingerprint density at radius 2 is 0.875 bits per heavy atom. The summed E-state index contributed by atoms with van der Waals surface area (Å²) < 4.78 is 212. The Morgan fingerprint density at radius 1 is 0.438 bits per heavy atom. The number of nitrogen functional groups attached to an aromatic ring is 11. The van der Waals surface area contributed by atoms with Gasteiger partial charge in [-0.15, -0.1) is 15.5 Å². The standard InChI is InChI=1S/C10H15N.C9H10FN.C9H11N.C8H5F4NO.C8H9F2NO.C8H9F2N.2C8H9N3.C8H11N.C7H5ClF3N.C7H9F4NS.3CH4/c1-10(2,3)8-5-4-6-9(11)7-8;10-9-4-3-7(11)5-8(9)6-1-2-6;10-9-3-1-2-8(6-9)7-4-5-7;9-7(10)5-2-1-4(13)3-6(5)8(11,12)14-7;1-8(9,10)12-7-4-2-3-6(11)5-7;1-8(9,10)6-3-2-4-7(11)5-6;1-11-5-6-4-7(9)2-3-8(6)10-11;1-11-5-6-2-3-7(9)4-8(6)10-11;1-2-7-4-3-5-8(9)6-7;8-5-1-4(7(9,10)11)2-6(12)3-5;1-13(8,9,10,11)7-4-2-3-6(12)5-7;;;/h4-7H,11H2,1-3H3;3-6H,1-2,11H2;1-3,6-7H,4-5,10H2;1-3H,13H2;2-5H,11H2,1H3;2-5H,11H2,1H3;2*2-5H,9H2,1H3;3-6H,2,9H2,1H3;1-3H,12H2;2-5H,12H2,1H3;3*1H4. The van der Waals surface area contributed by atoms with Gasteiger partial charge in [0.05, 0.1) is 38.9 Å². The van der Waals surface area contributed by atoms with E-state index in [0.717, 1.165) is 124 Å². The number of rotatable bonds is 7. The van der Waals surface area contributed by atoms with Crippen molar-refractivity contribution in [3.8, 4) is 5.75 Å². The summed E-state index contributed by atoms with van der Waals surface area (Å²) in [6, 6.07) is 61.4. The van der Waals surface area contributed by atoms with Gasteiger partial charge in [0.2, 0.25) is 0 Å². The van der Waals surface area contributed by atoms with Crippen LogP contribution in [0.25, 0.3) is 21.8 Å². The summed E-state index contributed by atoms with van der Waals surface area (Å²) in [7, 11) is -4.24. The van der Waals surface area contributed by atoms with E-state index in [9.17, 15) is 68.2 Å². The molecule has 0 spiro atoms. The minimum Gasteiger partial charge on any atom is -0.433 e. The van der Waals surface area contributed by atoms with Crippen molar-refractivity contribution in [2.75, 3.05) is 69.3 Å². The van der Waals surface area contributed by atoms with Crippen LogP contribution in [0.2, 0.25) is 5.02 Å². The number of halogens is 17. The first-order chi connectivity index (χ1) is 57.6. The number of anilines is 11. The summed E-state index contributed by atoms with van der Waals surface area (Å²) in [5.74, 6) is -1.57. The first kappa shape index (κ1) is 110. The normalized spacial score (nSPS) is 13.6. The summed E-state index contributed by atoms with van der Waals surface area (Å²) in [5, 5.41) is 10.6. The van der Waals surface area contributed by atoms with Crippen molar-refractivity contribution in [3.63, 3.8) is 0 Å². The van der Waals surface area contributed by atoms with Gasteiger partial charge >= 0.3 is 24.5 Å². The molecular formula is C93H114ClF16N15O2S. The zero-order valence-corrected chi connectivity index (χ0v) is 71.2. The third kappa shape index (κ3) is 37.9. The molecule has 0 unspecified atom stereocenters. The van der Waals surface area contributed by atoms with Gasteiger partial charge in [0.25, 0.3) is 5.92 Å². The molecule has 2 aromatic heterocycles. The lowest BCUT2D eigenvalue weighted by Gasteiger charge is -2.46. The predicted octanol–water partition coefficient (Wildman–Crippen LogP) is 26.7. The van der Waals surface area contributed by atoms with Crippen molar-refractivity contribution in [1.82, 2.24) is 19.6 Å². The highest BCUT2D eigenvalue weighted by atomic mass is 35.5. The molecule has 11 aromatic carbocycles. The lowest BCUT2D eigenvalue weighted by Crippen LogP contribution is -2.19. The average molecular weight is 1850 g/mol. The first-order valence-corrected chi connectivity index (χ1v) is 41.0. The van der Waals surface area contributed by atoms with Crippen LogP contribution < -0.4 is 67.8 Å². The van der Waals surface area contributed by atoms with Gasteiger partial charge < -0.3 is 67.8 Å². The number of fused-ring (bicyclic) bond motifs is 3. The van der Waals surface area contributed by atoms with Crippen molar-refractivity contribution in [3.05, 3.63) is 304 Å². The Balaban J connectivity index is 0.000000363. The lowest BCUT2D eigenvalue weighted by molar-refractivity contribution is -0.369. The molecule has 16 rings (SSSR count). The smallest absolute Gasteiger partial charge is 0.416 e. The highest BCUT2D eigenvalue weighted by molar-refractivity contribution is 8.49. The molecule has 13 aromatic rings. The van der Waals surface area contributed by atoms with Crippen molar-refractivity contribution in [2.45, 2.75) is 148 Å². The summed E-state index contributed by atoms with van der Waals surface area (Å²) in [6.45, 7) is 10.2. The molecule has 0 atom stereocenters. The fourth-order valence-electron chi connectivity index (χ4n) is 11.2. The molecule has 0 amide bonds. The quantitative estimate of drug-likeness (QED) is 0.0522. The Hall–Kier alpha value is -12.6. The van der Waals surface area contributed by atoms with Gasteiger partial charge in [0.15, 0.2) is 9.84 Å². The van der Waals surface area contributed by atoms with Gasteiger partial charge in [-0.25, -0.2) is 17.9 Å². The van der Waals surface area contributed by atoms with E-state index in [1.54, 1.807) is 39.7 Å². The maximum absolute atomic E-state index is 13.0. The molecule has 0 bridgehead atoms. The van der Waals surface area contributed by atoms with E-state index in [-0.39, 0.29) is 73.2 Å². The predicted molar refractivity (Wildman–Crippen MR) is 496 cm³/mol. The zero-order valence-electron chi connectivity index (χ0n) is 69.7. The maximum Gasteiger partial charge on any atom is 0.416 e. The Morgan fingerprint density at radius 3 is 1.34 bits per heavy atom. The number of hydrogen-bond acceptors (Lipinski definition) is 15. The number of alkyl halides is 11. The molecule has 2 aliphatic carbocycles. The fraction of sp³-hybridized carbons (Fsp3) is 0.269. The van der Waals surface area contributed by atoms with Crippen molar-refractivity contribution in [2.24, 2.45) is 14.1 Å². The molecule has 128 heavy (non-hydrogen) atoms. The second-order valence-corrected chi connectivity index (χ2v) is 34.3. The molecule has 17 nitrogen and oxygen atoms in total. The lowest BCUT2D eigenvalue weighted by atomic mass is 9.87. The Kier molecular flexibility index (Phi) is 38.3. The zero-order chi connectivity index (χ0) is 93.7. The molecule has 1 aliphatic heterocycles. The molecule has 2 fully saturated rings. The number of ether oxygens (including phenoxy) is 2. The summed E-state index contributed by atoms with van der Waals surface area (Å²) >= 11 is 5.38. The van der Waals surface area contributed by atoms with Gasteiger partial charge in [-0.2, -0.15) is 49.7 Å². The highest BCUT2D eigenvalue weighted by Gasteiger charge is 2.59. The second kappa shape index (κ2) is 44.7. The number of benzene rings is 11. The van der Waals surface area contributed by atoms with Crippen LogP contribution in [0, 0.1) is 5.82 Å². The van der Waals surface area contributed by atoms with E-state index in [0.29, 0.717) is 42.0 Å². The molecule has 3 heterocycles. The third-order valence-electron chi connectivity index (χ3n) is 17.6. The van der Waals surface area contributed by atoms with E-state index < -0.39 is 61.8 Å². The number of aryl methyl sites for hydroxylation is 3. The Labute approximate surface area is 741 Å². The Bertz CT molecular complexity index is 5550. The molecule has 3 aliphatic rings. The summed E-state index contributed by atoms with van der Waals surface area (Å²) in [5.41, 5.74) is 69.5. The molecule has 698 valence electrons. The monoisotopic (exact) mass is 1840 g/mol. The summed E-state index contributed by atoms with van der Waals surface area (Å²) in [4.78, 5) is -1.29. The summed E-state index contributed by atoms with van der Waals surface area (Å²) in [6.07, 6.45) is -5.90. The van der Waals surface area contributed by atoms with Crippen LogP contribution in [-0.2, 0) is 55.0 Å². The van der Waals surface area contributed by atoms with Gasteiger partial charge in [-0.05, 0) is 241 Å². The van der Waals surface area contributed by atoms with Crippen molar-refractivity contribution < 1.29 is 77.7 Å². The third-order valence-corrected chi connectivity index (χ3v) is 19.2. The van der Waals surface area contributed by atoms with Crippen LogP contribution in [0.5, 0.6) is 5.75 Å². The molecular weight excluding hydrogens is 1730 g/mol. The minimum atomic E-state index is -8.04.